The van der Waals surface area contributed by atoms with E-state index in [1.165, 1.54) is 12.7 Å². The molecule has 0 atom stereocenters. The van der Waals surface area contributed by atoms with Gasteiger partial charge in [0.05, 0.1) is 0 Å². The molecule has 3 nitrogen and oxygen atoms in total. The molecular weight excluding hydrogens is 258 g/mol. The molecule has 1 heterocycles. The van der Waals surface area contributed by atoms with Gasteiger partial charge in [0.25, 0.3) is 5.91 Å². The van der Waals surface area contributed by atoms with Crippen molar-refractivity contribution in [2.24, 2.45) is 0 Å². The summed E-state index contributed by atoms with van der Waals surface area (Å²) in [4.78, 5) is 13.5. The molecule has 80 valence electrons. The molecule has 1 aromatic rings. The van der Waals surface area contributed by atoms with Gasteiger partial charge >= 0.3 is 0 Å². The van der Waals surface area contributed by atoms with E-state index in [0.717, 1.165) is 23.1 Å². The summed E-state index contributed by atoms with van der Waals surface area (Å²) in [6.45, 7) is 0.906. The first-order valence-electron chi connectivity index (χ1n) is 4.80. The Labute approximate surface area is 97.2 Å². The van der Waals surface area contributed by atoms with Crippen molar-refractivity contribution in [3.63, 3.8) is 0 Å². The summed E-state index contributed by atoms with van der Waals surface area (Å²) in [6.07, 6.45) is 0.921. The molecule has 0 bridgehead atoms. The Hall–Kier alpha value is -0.870. The molecule has 0 saturated carbocycles. The van der Waals surface area contributed by atoms with Gasteiger partial charge in [0, 0.05) is 23.8 Å². The summed E-state index contributed by atoms with van der Waals surface area (Å²) in [5.74, 6) is 0.0265. The van der Waals surface area contributed by atoms with Crippen LogP contribution >= 0.6 is 15.9 Å². The molecule has 1 aromatic carbocycles. The Morgan fingerprint density at radius 1 is 1.60 bits per heavy atom. The average molecular weight is 270 g/mol. The topological polar surface area (TPSA) is 29.5 Å². The first kappa shape index (κ1) is 10.6. The fourth-order valence-electron chi connectivity index (χ4n) is 1.83. The zero-order chi connectivity index (χ0) is 10.8. The Balaban J connectivity index is 2.25. The zero-order valence-corrected chi connectivity index (χ0v) is 10.1. The largest absolute Gasteiger partial charge is 0.375 e. The highest BCUT2D eigenvalue weighted by Crippen LogP contribution is 2.30. The standard InChI is InChI=1S/C11H12BrNO2/c1-15-7-11(14)13-5-4-8-6-9(12)2-3-10(8)13/h2-3,6H,4-5,7H2,1H3. The Kier molecular flexibility index (Phi) is 3.07. The monoisotopic (exact) mass is 269 g/mol. The van der Waals surface area contributed by atoms with Gasteiger partial charge in [-0.2, -0.15) is 0 Å². The van der Waals surface area contributed by atoms with Crippen LogP contribution in [0.1, 0.15) is 5.56 Å². The number of benzene rings is 1. The highest BCUT2D eigenvalue weighted by Gasteiger charge is 2.24. The van der Waals surface area contributed by atoms with E-state index in [4.69, 9.17) is 4.74 Å². The van der Waals surface area contributed by atoms with Gasteiger partial charge in [-0.05, 0) is 30.2 Å². The molecule has 0 unspecified atom stereocenters. The number of carbonyl (C=O) groups excluding carboxylic acids is 1. The lowest BCUT2D eigenvalue weighted by molar-refractivity contribution is -0.122. The Bertz CT molecular complexity index is 392. The SMILES string of the molecule is COCC(=O)N1CCc2cc(Br)ccc21. The summed E-state index contributed by atoms with van der Waals surface area (Å²) < 4.78 is 5.91. The molecular formula is C11H12BrNO2. The number of ether oxygens (including phenoxy) is 1. The van der Waals surface area contributed by atoms with Crippen molar-refractivity contribution in [1.82, 2.24) is 0 Å². The van der Waals surface area contributed by atoms with Crippen LogP contribution in [0.3, 0.4) is 0 Å². The minimum atomic E-state index is 0.0265. The van der Waals surface area contributed by atoms with E-state index in [1.54, 1.807) is 4.90 Å². The minimum Gasteiger partial charge on any atom is -0.375 e. The molecule has 1 amide bonds. The first-order valence-corrected chi connectivity index (χ1v) is 5.59. The van der Waals surface area contributed by atoms with Crippen molar-refractivity contribution in [1.29, 1.82) is 0 Å². The third kappa shape index (κ3) is 2.06. The number of fused-ring (bicyclic) bond motifs is 1. The number of hydrogen-bond donors (Lipinski definition) is 0. The van der Waals surface area contributed by atoms with Gasteiger partial charge in [-0.3, -0.25) is 4.79 Å². The Morgan fingerprint density at radius 3 is 3.13 bits per heavy atom. The van der Waals surface area contributed by atoms with Crippen LogP contribution in [-0.2, 0) is 16.0 Å². The van der Waals surface area contributed by atoms with Crippen LogP contribution in [0.5, 0.6) is 0 Å². The maximum atomic E-state index is 11.7. The Morgan fingerprint density at radius 2 is 2.40 bits per heavy atom. The molecule has 1 aliphatic heterocycles. The summed E-state index contributed by atoms with van der Waals surface area (Å²) in [6, 6.07) is 5.99. The summed E-state index contributed by atoms with van der Waals surface area (Å²) in [7, 11) is 1.54. The third-order valence-corrected chi connectivity index (χ3v) is 3.00. The maximum absolute atomic E-state index is 11.7. The second-order valence-corrected chi connectivity index (χ2v) is 4.42. The second kappa shape index (κ2) is 4.33. The highest BCUT2D eigenvalue weighted by atomic mass is 79.9. The molecule has 1 aliphatic rings. The predicted molar refractivity (Wildman–Crippen MR) is 62.1 cm³/mol. The van der Waals surface area contributed by atoms with Crippen molar-refractivity contribution in [3.05, 3.63) is 28.2 Å². The predicted octanol–water partition coefficient (Wildman–Crippen LogP) is 1.98. The fraction of sp³-hybridized carbons (Fsp3) is 0.364. The van der Waals surface area contributed by atoms with Crippen LogP contribution in [0, 0.1) is 0 Å². The normalized spacial score (nSPS) is 14.1. The number of methoxy groups -OCH3 is 1. The van der Waals surface area contributed by atoms with Crippen LogP contribution in [0.4, 0.5) is 5.69 Å². The molecule has 0 aromatic heterocycles. The lowest BCUT2D eigenvalue weighted by atomic mass is 10.2. The molecule has 15 heavy (non-hydrogen) atoms. The summed E-state index contributed by atoms with van der Waals surface area (Å²) in [5, 5.41) is 0. The van der Waals surface area contributed by atoms with Gasteiger partial charge < -0.3 is 9.64 Å². The maximum Gasteiger partial charge on any atom is 0.252 e. The van der Waals surface area contributed by atoms with Crippen LogP contribution in [0.15, 0.2) is 22.7 Å². The number of carbonyl (C=O) groups is 1. The average Bonchev–Trinajstić information content (AvgIpc) is 2.60. The summed E-state index contributed by atoms with van der Waals surface area (Å²) >= 11 is 3.42. The van der Waals surface area contributed by atoms with Gasteiger partial charge in [-0.15, -0.1) is 0 Å². The smallest absolute Gasteiger partial charge is 0.252 e. The van der Waals surface area contributed by atoms with Crippen LogP contribution in [-0.4, -0.2) is 26.2 Å². The number of halogens is 1. The summed E-state index contributed by atoms with van der Waals surface area (Å²) in [5.41, 5.74) is 2.23. The van der Waals surface area contributed by atoms with Gasteiger partial charge in [-0.1, -0.05) is 15.9 Å². The molecule has 0 aliphatic carbocycles. The zero-order valence-electron chi connectivity index (χ0n) is 8.50. The highest BCUT2D eigenvalue weighted by molar-refractivity contribution is 9.10. The van der Waals surface area contributed by atoms with E-state index in [2.05, 4.69) is 22.0 Å². The first-order chi connectivity index (χ1) is 7.22. The van der Waals surface area contributed by atoms with E-state index in [1.807, 2.05) is 12.1 Å². The van der Waals surface area contributed by atoms with E-state index in [-0.39, 0.29) is 12.5 Å². The molecule has 2 rings (SSSR count). The van der Waals surface area contributed by atoms with Gasteiger partial charge in [0.15, 0.2) is 0 Å². The fourth-order valence-corrected chi connectivity index (χ4v) is 2.24. The third-order valence-electron chi connectivity index (χ3n) is 2.51. The molecule has 0 spiro atoms. The van der Waals surface area contributed by atoms with E-state index < -0.39 is 0 Å². The van der Waals surface area contributed by atoms with Crippen molar-refractivity contribution in [3.8, 4) is 0 Å². The molecule has 0 radical (unpaired) electrons. The van der Waals surface area contributed by atoms with Gasteiger partial charge in [-0.25, -0.2) is 0 Å². The van der Waals surface area contributed by atoms with Crippen molar-refractivity contribution in [2.75, 3.05) is 25.2 Å². The number of hydrogen-bond acceptors (Lipinski definition) is 2. The number of rotatable bonds is 2. The molecule has 0 fully saturated rings. The van der Waals surface area contributed by atoms with Gasteiger partial charge in [0.1, 0.15) is 6.61 Å². The van der Waals surface area contributed by atoms with E-state index >= 15 is 0 Å². The quantitative estimate of drug-likeness (QED) is 0.822. The van der Waals surface area contributed by atoms with Crippen LogP contribution in [0.2, 0.25) is 0 Å². The lowest BCUT2D eigenvalue weighted by Gasteiger charge is -2.16. The number of nitrogens with zero attached hydrogens (tertiary/aromatic N) is 1. The van der Waals surface area contributed by atoms with E-state index in [0.29, 0.717) is 0 Å². The van der Waals surface area contributed by atoms with Crippen LogP contribution in [0.25, 0.3) is 0 Å². The molecule has 4 heteroatoms. The minimum absolute atomic E-state index is 0.0265. The van der Waals surface area contributed by atoms with Gasteiger partial charge in [0.2, 0.25) is 0 Å². The van der Waals surface area contributed by atoms with Crippen LogP contribution < -0.4 is 4.90 Å². The molecule has 0 saturated heterocycles. The van der Waals surface area contributed by atoms with Crippen molar-refractivity contribution >= 4 is 27.5 Å². The van der Waals surface area contributed by atoms with Crippen molar-refractivity contribution in [2.45, 2.75) is 6.42 Å². The van der Waals surface area contributed by atoms with E-state index in [9.17, 15) is 4.79 Å². The number of amides is 1. The number of anilines is 1. The lowest BCUT2D eigenvalue weighted by Crippen LogP contribution is -2.31. The van der Waals surface area contributed by atoms with Crippen molar-refractivity contribution < 1.29 is 9.53 Å². The second-order valence-electron chi connectivity index (χ2n) is 3.50. The molecule has 0 N–H and O–H groups in total.